The first-order chi connectivity index (χ1) is 11.6. The Hall–Kier alpha value is -2.67. The highest BCUT2D eigenvalue weighted by molar-refractivity contribution is 7.18. The maximum Gasteiger partial charge on any atom is 0.143 e. The number of aromatic nitrogens is 3. The molecule has 0 fully saturated rings. The van der Waals surface area contributed by atoms with Crippen LogP contribution < -0.4 is 14.8 Å². The Morgan fingerprint density at radius 3 is 2.62 bits per heavy atom. The smallest absolute Gasteiger partial charge is 0.143 e. The van der Waals surface area contributed by atoms with Crippen molar-refractivity contribution in [2.75, 3.05) is 12.4 Å². The number of thiazole rings is 1. The molecule has 0 aromatic carbocycles. The van der Waals surface area contributed by atoms with Gasteiger partial charge in [0.25, 0.3) is 0 Å². The number of ether oxygens (including phenoxy) is 2. The van der Waals surface area contributed by atoms with Gasteiger partial charge in [-0.05, 0) is 32.0 Å². The topological polar surface area (TPSA) is 69.2 Å². The van der Waals surface area contributed by atoms with E-state index < -0.39 is 0 Å². The summed E-state index contributed by atoms with van der Waals surface area (Å²) in [7, 11) is 1.62. The van der Waals surface area contributed by atoms with E-state index in [9.17, 15) is 0 Å². The Morgan fingerprint density at radius 2 is 1.92 bits per heavy atom. The highest BCUT2D eigenvalue weighted by Gasteiger charge is 2.08. The predicted molar refractivity (Wildman–Crippen MR) is 95.2 cm³/mol. The molecule has 7 heteroatoms. The first-order valence-electron chi connectivity index (χ1n) is 7.50. The second kappa shape index (κ2) is 7.27. The molecular weight excluding hydrogens is 324 g/mol. The Bertz CT molecular complexity index is 802. The van der Waals surface area contributed by atoms with Gasteiger partial charge in [0.15, 0.2) is 0 Å². The van der Waals surface area contributed by atoms with Crippen LogP contribution in [-0.2, 0) is 0 Å². The van der Waals surface area contributed by atoms with E-state index in [0.29, 0.717) is 5.82 Å². The molecule has 3 aromatic rings. The third-order valence-corrected chi connectivity index (χ3v) is 3.99. The molecule has 0 aliphatic rings. The molecule has 0 spiro atoms. The van der Waals surface area contributed by atoms with Crippen LogP contribution in [0.4, 0.5) is 10.8 Å². The molecular formula is C17H18N4O2S. The Labute approximate surface area is 144 Å². The van der Waals surface area contributed by atoms with E-state index in [4.69, 9.17) is 9.47 Å². The van der Waals surface area contributed by atoms with Crippen LogP contribution in [0.15, 0.2) is 42.9 Å². The summed E-state index contributed by atoms with van der Waals surface area (Å²) >= 11 is 1.51. The first kappa shape index (κ1) is 16.2. The standard InChI is InChI=1S/C17H18N4O2S/c1-11(2)23-12-6-7-18-15(8-12)21-16-10-20-17(24-16)14-5-4-13(22-3)9-19-14/h4-11H,1-3H3,(H,18,21). The minimum atomic E-state index is 0.122. The molecule has 0 saturated heterocycles. The van der Waals surface area contributed by atoms with Gasteiger partial charge in [0.05, 0.1) is 31.3 Å². The molecule has 3 aromatic heterocycles. The van der Waals surface area contributed by atoms with Crippen LogP contribution in [-0.4, -0.2) is 28.2 Å². The summed E-state index contributed by atoms with van der Waals surface area (Å²) in [6, 6.07) is 7.46. The second-order valence-electron chi connectivity index (χ2n) is 5.28. The van der Waals surface area contributed by atoms with Crippen LogP contribution in [0.5, 0.6) is 11.5 Å². The molecule has 0 amide bonds. The number of nitrogens with one attached hydrogen (secondary N) is 1. The van der Waals surface area contributed by atoms with Crippen molar-refractivity contribution in [2.45, 2.75) is 20.0 Å². The highest BCUT2D eigenvalue weighted by Crippen LogP contribution is 2.30. The maximum atomic E-state index is 5.67. The number of hydrogen-bond donors (Lipinski definition) is 1. The number of pyridine rings is 2. The van der Waals surface area contributed by atoms with Crippen molar-refractivity contribution in [1.29, 1.82) is 0 Å². The van der Waals surface area contributed by atoms with E-state index >= 15 is 0 Å². The lowest BCUT2D eigenvalue weighted by Crippen LogP contribution is -2.05. The molecule has 3 rings (SSSR count). The molecule has 6 nitrogen and oxygen atoms in total. The molecule has 1 N–H and O–H groups in total. The quantitative estimate of drug-likeness (QED) is 0.726. The van der Waals surface area contributed by atoms with Gasteiger partial charge in [-0.3, -0.25) is 0 Å². The fourth-order valence-corrected chi connectivity index (χ4v) is 2.83. The van der Waals surface area contributed by atoms with Gasteiger partial charge < -0.3 is 14.8 Å². The number of methoxy groups -OCH3 is 1. The van der Waals surface area contributed by atoms with Crippen molar-refractivity contribution in [1.82, 2.24) is 15.0 Å². The van der Waals surface area contributed by atoms with E-state index in [1.165, 1.54) is 11.3 Å². The molecule has 24 heavy (non-hydrogen) atoms. The number of nitrogens with zero attached hydrogens (tertiary/aromatic N) is 3. The van der Waals surface area contributed by atoms with Crippen LogP contribution in [0.25, 0.3) is 10.7 Å². The molecule has 0 aliphatic carbocycles. The molecule has 124 valence electrons. The average Bonchev–Trinajstić information content (AvgIpc) is 3.03. The Morgan fingerprint density at radius 1 is 1.04 bits per heavy atom. The molecule has 3 heterocycles. The van der Waals surface area contributed by atoms with E-state index in [-0.39, 0.29) is 6.10 Å². The summed E-state index contributed by atoms with van der Waals surface area (Å²) < 4.78 is 10.8. The van der Waals surface area contributed by atoms with Crippen molar-refractivity contribution < 1.29 is 9.47 Å². The zero-order valence-electron chi connectivity index (χ0n) is 13.7. The molecule has 0 aliphatic heterocycles. The summed E-state index contributed by atoms with van der Waals surface area (Å²) in [5.41, 5.74) is 0.804. The second-order valence-corrected chi connectivity index (χ2v) is 6.31. The maximum absolute atomic E-state index is 5.67. The summed E-state index contributed by atoms with van der Waals surface area (Å²) in [5.74, 6) is 2.22. The van der Waals surface area contributed by atoms with Crippen LogP contribution >= 0.6 is 11.3 Å². The average molecular weight is 342 g/mol. The minimum Gasteiger partial charge on any atom is -0.495 e. The lowest BCUT2D eigenvalue weighted by molar-refractivity contribution is 0.242. The molecule has 0 unspecified atom stereocenters. The van der Waals surface area contributed by atoms with Gasteiger partial charge in [0.2, 0.25) is 0 Å². The first-order valence-corrected chi connectivity index (χ1v) is 8.31. The van der Waals surface area contributed by atoms with E-state index in [2.05, 4.69) is 20.3 Å². The van der Waals surface area contributed by atoms with Crippen molar-refractivity contribution >= 4 is 22.2 Å². The number of anilines is 2. The van der Waals surface area contributed by atoms with Crippen molar-refractivity contribution in [2.24, 2.45) is 0 Å². The van der Waals surface area contributed by atoms with Crippen LogP contribution in [0.2, 0.25) is 0 Å². The Kier molecular flexibility index (Phi) is 4.90. The minimum absolute atomic E-state index is 0.122. The third-order valence-electron chi connectivity index (χ3n) is 3.05. The number of hydrogen-bond acceptors (Lipinski definition) is 7. The van der Waals surface area contributed by atoms with E-state index in [1.54, 1.807) is 25.7 Å². The monoisotopic (exact) mass is 342 g/mol. The normalized spacial score (nSPS) is 10.7. The summed E-state index contributed by atoms with van der Waals surface area (Å²) in [5, 5.41) is 4.96. The fourth-order valence-electron chi connectivity index (χ4n) is 2.03. The van der Waals surface area contributed by atoms with Gasteiger partial charge >= 0.3 is 0 Å². The van der Waals surface area contributed by atoms with Gasteiger partial charge in [-0.25, -0.2) is 15.0 Å². The highest BCUT2D eigenvalue weighted by atomic mass is 32.1. The van der Waals surface area contributed by atoms with Crippen LogP contribution in [0, 0.1) is 0 Å². The van der Waals surface area contributed by atoms with Gasteiger partial charge in [-0.15, -0.1) is 0 Å². The SMILES string of the molecule is COc1ccc(-c2ncc(Nc3cc(OC(C)C)ccn3)s2)nc1. The fraction of sp³-hybridized carbons (Fsp3) is 0.235. The lowest BCUT2D eigenvalue weighted by Gasteiger charge is -2.10. The van der Waals surface area contributed by atoms with Gasteiger partial charge in [-0.2, -0.15) is 0 Å². The molecule has 0 radical (unpaired) electrons. The van der Waals surface area contributed by atoms with E-state index in [1.807, 2.05) is 38.1 Å². The Balaban J connectivity index is 1.73. The van der Waals surface area contributed by atoms with Gasteiger partial charge in [0.1, 0.15) is 27.3 Å². The number of rotatable bonds is 6. The van der Waals surface area contributed by atoms with Crippen LogP contribution in [0.3, 0.4) is 0 Å². The van der Waals surface area contributed by atoms with E-state index in [0.717, 1.165) is 27.2 Å². The van der Waals surface area contributed by atoms with Crippen molar-refractivity contribution in [3.8, 4) is 22.2 Å². The zero-order valence-corrected chi connectivity index (χ0v) is 14.5. The van der Waals surface area contributed by atoms with Gasteiger partial charge in [0, 0.05) is 12.3 Å². The van der Waals surface area contributed by atoms with Gasteiger partial charge in [-0.1, -0.05) is 11.3 Å². The summed E-state index contributed by atoms with van der Waals surface area (Å²) in [6.45, 7) is 3.98. The third kappa shape index (κ3) is 3.99. The summed E-state index contributed by atoms with van der Waals surface area (Å²) in [6.07, 6.45) is 5.28. The predicted octanol–water partition coefficient (Wildman–Crippen LogP) is 4.14. The lowest BCUT2D eigenvalue weighted by atomic mass is 10.3. The zero-order chi connectivity index (χ0) is 16.9. The molecule has 0 bridgehead atoms. The van der Waals surface area contributed by atoms with Crippen molar-refractivity contribution in [3.05, 3.63) is 42.9 Å². The largest absolute Gasteiger partial charge is 0.495 e. The summed E-state index contributed by atoms with van der Waals surface area (Å²) in [4.78, 5) is 13.1. The molecule has 0 atom stereocenters. The van der Waals surface area contributed by atoms with Crippen LogP contribution in [0.1, 0.15) is 13.8 Å². The van der Waals surface area contributed by atoms with Crippen molar-refractivity contribution in [3.63, 3.8) is 0 Å². The molecule has 0 saturated carbocycles.